The van der Waals surface area contributed by atoms with Crippen molar-refractivity contribution < 1.29 is 8.42 Å². The Morgan fingerprint density at radius 2 is 2.06 bits per heavy atom. The predicted molar refractivity (Wildman–Crippen MR) is 64.7 cm³/mol. The third-order valence-corrected chi connectivity index (χ3v) is 5.42. The van der Waals surface area contributed by atoms with Crippen LogP contribution in [0, 0.1) is 5.92 Å². The zero-order valence-electron chi connectivity index (χ0n) is 10.1. The lowest BCUT2D eigenvalue weighted by Crippen LogP contribution is -2.40. The minimum absolute atomic E-state index is 0.207. The molecule has 4 nitrogen and oxygen atoms in total. The molecule has 0 aromatic carbocycles. The Labute approximate surface area is 98.2 Å². The van der Waals surface area contributed by atoms with Crippen molar-refractivity contribution in [1.82, 2.24) is 10.0 Å². The van der Waals surface area contributed by atoms with E-state index in [1.54, 1.807) is 6.92 Å². The average Bonchev–Trinajstić information content (AvgIpc) is 3.09. The summed E-state index contributed by atoms with van der Waals surface area (Å²) in [6.45, 7) is 4.46. The molecule has 5 heteroatoms. The molecule has 2 fully saturated rings. The van der Waals surface area contributed by atoms with Gasteiger partial charge in [0.2, 0.25) is 10.0 Å². The summed E-state index contributed by atoms with van der Waals surface area (Å²) in [6.07, 6.45) is 4.47. The van der Waals surface area contributed by atoms with Crippen LogP contribution >= 0.6 is 0 Å². The molecule has 0 heterocycles. The third-order valence-electron chi connectivity index (χ3n) is 3.56. The molecule has 0 bridgehead atoms. The van der Waals surface area contributed by atoms with E-state index in [2.05, 4.69) is 17.0 Å². The van der Waals surface area contributed by atoms with Crippen LogP contribution in [0.2, 0.25) is 0 Å². The van der Waals surface area contributed by atoms with E-state index in [1.807, 2.05) is 0 Å². The normalized spacial score (nSPS) is 31.4. The van der Waals surface area contributed by atoms with Gasteiger partial charge in [-0.2, -0.15) is 0 Å². The largest absolute Gasteiger partial charge is 0.313 e. The van der Waals surface area contributed by atoms with Crippen LogP contribution in [0.4, 0.5) is 0 Å². The van der Waals surface area contributed by atoms with E-state index in [0.717, 1.165) is 12.8 Å². The molecule has 0 saturated heterocycles. The van der Waals surface area contributed by atoms with Gasteiger partial charge in [0.15, 0.2) is 0 Å². The molecule has 16 heavy (non-hydrogen) atoms. The van der Waals surface area contributed by atoms with E-state index in [1.165, 1.54) is 12.8 Å². The Hall–Kier alpha value is -0.130. The second-order valence-corrected chi connectivity index (χ2v) is 7.30. The lowest BCUT2D eigenvalue weighted by Gasteiger charge is -2.14. The minimum atomic E-state index is -3.12. The smallest absolute Gasteiger partial charge is 0.215 e. The third kappa shape index (κ3) is 3.18. The van der Waals surface area contributed by atoms with Crippen molar-refractivity contribution in [2.45, 2.75) is 56.9 Å². The van der Waals surface area contributed by atoms with Gasteiger partial charge < -0.3 is 5.32 Å². The van der Waals surface area contributed by atoms with Gasteiger partial charge in [-0.05, 0) is 32.1 Å². The predicted octanol–water partition coefficient (Wildman–Crippen LogP) is 0.845. The maximum Gasteiger partial charge on any atom is 0.215 e. The van der Waals surface area contributed by atoms with E-state index in [0.29, 0.717) is 18.5 Å². The summed E-state index contributed by atoms with van der Waals surface area (Å²) >= 11 is 0. The molecule has 3 unspecified atom stereocenters. The topological polar surface area (TPSA) is 58.2 Å². The highest BCUT2D eigenvalue weighted by molar-refractivity contribution is 7.90. The van der Waals surface area contributed by atoms with Gasteiger partial charge in [-0.15, -0.1) is 0 Å². The molecular weight excluding hydrogens is 224 g/mol. The Morgan fingerprint density at radius 1 is 1.38 bits per heavy atom. The Morgan fingerprint density at radius 3 is 2.56 bits per heavy atom. The van der Waals surface area contributed by atoms with Gasteiger partial charge in [-0.1, -0.05) is 13.3 Å². The van der Waals surface area contributed by atoms with Crippen LogP contribution in [0.25, 0.3) is 0 Å². The van der Waals surface area contributed by atoms with Gasteiger partial charge in [0.1, 0.15) is 0 Å². The highest BCUT2D eigenvalue weighted by atomic mass is 32.2. The van der Waals surface area contributed by atoms with Gasteiger partial charge >= 0.3 is 0 Å². The van der Waals surface area contributed by atoms with Gasteiger partial charge in [0, 0.05) is 18.6 Å². The molecule has 0 radical (unpaired) electrons. The van der Waals surface area contributed by atoms with Crippen molar-refractivity contribution in [3.8, 4) is 0 Å². The second kappa shape index (κ2) is 4.63. The number of hydrogen-bond donors (Lipinski definition) is 2. The number of nitrogens with one attached hydrogen (secondary N) is 2. The van der Waals surface area contributed by atoms with Gasteiger partial charge in [0.25, 0.3) is 0 Å². The van der Waals surface area contributed by atoms with Crippen LogP contribution in [-0.4, -0.2) is 32.3 Å². The molecule has 0 aromatic rings. The second-order valence-electron chi connectivity index (χ2n) is 5.17. The van der Waals surface area contributed by atoms with Crippen molar-refractivity contribution in [2.75, 3.05) is 6.54 Å². The maximum absolute atomic E-state index is 11.9. The van der Waals surface area contributed by atoms with E-state index in [9.17, 15) is 8.42 Å². The molecule has 2 N–H and O–H groups in total. The summed E-state index contributed by atoms with van der Waals surface area (Å²) in [5.41, 5.74) is 0. The van der Waals surface area contributed by atoms with Gasteiger partial charge in [-0.3, -0.25) is 0 Å². The fourth-order valence-corrected chi connectivity index (χ4v) is 3.16. The van der Waals surface area contributed by atoms with Crippen molar-refractivity contribution in [3.63, 3.8) is 0 Å². The zero-order chi connectivity index (χ0) is 11.8. The SMILES string of the molecule is CCC1CC1NS(=O)(=O)C(C)CNC1CC1. The van der Waals surface area contributed by atoms with Crippen LogP contribution in [0.1, 0.15) is 39.5 Å². The minimum Gasteiger partial charge on any atom is -0.313 e. The first-order valence-electron chi connectivity index (χ1n) is 6.27. The molecule has 0 aliphatic heterocycles. The highest BCUT2D eigenvalue weighted by Crippen LogP contribution is 2.34. The first-order valence-corrected chi connectivity index (χ1v) is 7.82. The molecule has 0 aromatic heterocycles. The first-order chi connectivity index (χ1) is 7.53. The monoisotopic (exact) mass is 246 g/mol. The van der Waals surface area contributed by atoms with Crippen LogP contribution in [0.15, 0.2) is 0 Å². The highest BCUT2D eigenvalue weighted by Gasteiger charge is 2.39. The number of sulfonamides is 1. The molecule has 94 valence electrons. The molecule has 2 rings (SSSR count). The molecule has 0 amide bonds. The van der Waals surface area contributed by atoms with Crippen LogP contribution in [-0.2, 0) is 10.0 Å². The number of hydrogen-bond acceptors (Lipinski definition) is 3. The summed E-state index contributed by atoms with van der Waals surface area (Å²) in [7, 11) is -3.12. The van der Waals surface area contributed by atoms with E-state index >= 15 is 0 Å². The van der Waals surface area contributed by atoms with Crippen molar-refractivity contribution in [2.24, 2.45) is 5.92 Å². The van der Waals surface area contributed by atoms with Crippen molar-refractivity contribution >= 4 is 10.0 Å². The van der Waals surface area contributed by atoms with Crippen LogP contribution in [0.3, 0.4) is 0 Å². The van der Waals surface area contributed by atoms with Gasteiger partial charge in [0.05, 0.1) is 5.25 Å². The lowest BCUT2D eigenvalue weighted by atomic mass is 10.3. The fraction of sp³-hybridized carbons (Fsp3) is 1.00. The van der Waals surface area contributed by atoms with E-state index in [4.69, 9.17) is 0 Å². The molecular formula is C11H22N2O2S. The summed E-state index contributed by atoms with van der Waals surface area (Å²) in [5, 5.41) is 2.93. The molecule has 3 atom stereocenters. The Kier molecular flexibility index (Phi) is 3.56. The summed E-state index contributed by atoms with van der Waals surface area (Å²) in [4.78, 5) is 0. The van der Waals surface area contributed by atoms with Crippen LogP contribution < -0.4 is 10.0 Å². The Bertz CT molecular complexity index is 338. The average molecular weight is 246 g/mol. The fourth-order valence-electron chi connectivity index (χ4n) is 1.90. The quantitative estimate of drug-likeness (QED) is 0.700. The van der Waals surface area contributed by atoms with Crippen molar-refractivity contribution in [1.29, 1.82) is 0 Å². The first kappa shape index (κ1) is 12.3. The standard InChI is InChI=1S/C11H22N2O2S/c1-3-9-6-11(9)13-16(14,15)8(2)7-12-10-4-5-10/h8-13H,3-7H2,1-2H3. The van der Waals surface area contributed by atoms with Crippen molar-refractivity contribution in [3.05, 3.63) is 0 Å². The maximum atomic E-state index is 11.9. The molecule has 2 saturated carbocycles. The van der Waals surface area contributed by atoms with Crippen LogP contribution in [0.5, 0.6) is 0 Å². The molecule has 2 aliphatic rings. The summed E-state index contributed by atoms with van der Waals surface area (Å²) in [5.74, 6) is 0.568. The summed E-state index contributed by atoms with van der Waals surface area (Å²) in [6, 6.07) is 0.778. The summed E-state index contributed by atoms with van der Waals surface area (Å²) < 4.78 is 26.7. The Balaban J connectivity index is 1.76. The van der Waals surface area contributed by atoms with E-state index < -0.39 is 10.0 Å². The molecule has 0 spiro atoms. The zero-order valence-corrected chi connectivity index (χ0v) is 10.9. The number of rotatable bonds is 7. The van der Waals surface area contributed by atoms with Gasteiger partial charge in [-0.25, -0.2) is 13.1 Å². The molecule has 2 aliphatic carbocycles. The van der Waals surface area contributed by atoms with E-state index in [-0.39, 0.29) is 11.3 Å². The lowest BCUT2D eigenvalue weighted by molar-refractivity contribution is 0.552.